The van der Waals surface area contributed by atoms with Crippen LogP contribution in [0, 0.1) is 24.6 Å². The molecule has 0 spiro atoms. The van der Waals surface area contributed by atoms with Crippen LogP contribution in [0.1, 0.15) is 27.0 Å². The number of carbonyl (C=O) groups is 1. The zero-order chi connectivity index (χ0) is 26.6. The Balaban J connectivity index is 1.67. The lowest BCUT2D eigenvalue weighted by Crippen LogP contribution is -2.27. The van der Waals surface area contributed by atoms with Crippen LogP contribution >= 0.6 is 0 Å². The molecule has 0 aliphatic heterocycles. The van der Waals surface area contributed by atoms with Crippen LogP contribution in [0.2, 0.25) is 0 Å². The summed E-state index contributed by atoms with van der Waals surface area (Å²) < 4.78 is 46.8. The minimum Gasteiger partial charge on any atom is -0.465 e. The molecule has 0 radical (unpaired) electrons. The van der Waals surface area contributed by atoms with Crippen molar-refractivity contribution in [2.24, 2.45) is 0 Å². The smallest absolute Gasteiger partial charge is 0.337 e. The highest BCUT2D eigenvalue weighted by Gasteiger charge is 2.23. The largest absolute Gasteiger partial charge is 0.465 e. The molecule has 37 heavy (non-hydrogen) atoms. The molecular formula is C30H24FNO4S. The molecule has 0 aromatic heterocycles. The molecule has 0 saturated heterocycles. The van der Waals surface area contributed by atoms with Crippen LogP contribution in [-0.4, -0.2) is 28.5 Å². The van der Waals surface area contributed by atoms with E-state index >= 15 is 0 Å². The Bertz CT molecular complexity index is 1620. The van der Waals surface area contributed by atoms with Crippen LogP contribution in [-0.2, 0) is 14.8 Å². The summed E-state index contributed by atoms with van der Waals surface area (Å²) in [7, 11) is -1.23. The molecule has 0 unspecified atom stereocenters. The fourth-order valence-corrected chi connectivity index (χ4v) is 5.02. The van der Waals surface area contributed by atoms with Crippen LogP contribution in [0.5, 0.6) is 0 Å². The van der Waals surface area contributed by atoms with Crippen LogP contribution in [0.15, 0.2) is 95.9 Å². The van der Waals surface area contributed by atoms with Crippen molar-refractivity contribution in [2.75, 3.05) is 18.5 Å². The number of methoxy groups -OCH3 is 1. The molecule has 7 heteroatoms. The number of hydrogen-bond donors (Lipinski definition) is 0. The van der Waals surface area contributed by atoms with Crippen molar-refractivity contribution in [3.63, 3.8) is 0 Å². The van der Waals surface area contributed by atoms with Gasteiger partial charge in [0.05, 0.1) is 28.8 Å². The predicted octanol–water partition coefficient (Wildman–Crippen LogP) is 5.81. The van der Waals surface area contributed by atoms with E-state index in [1.165, 1.54) is 32.4 Å². The SMILES string of the molecule is COC(=O)c1ccc(C#Cc2cc(F)ccc2N(C)S(=O)(=O)c2ccc(-c3ccccc3)cc2)c(C)c1. The van der Waals surface area contributed by atoms with E-state index in [-0.39, 0.29) is 16.1 Å². The van der Waals surface area contributed by atoms with Gasteiger partial charge in [0.15, 0.2) is 0 Å². The third-order valence-electron chi connectivity index (χ3n) is 5.90. The molecule has 0 N–H and O–H groups in total. The summed E-state index contributed by atoms with van der Waals surface area (Å²) in [5.74, 6) is 4.86. The Hall–Kier alpha value is -4.41. The maximum Gasteiger partial charge on any atom is 0.337 e. The lowest BCUT2D eigenvalue weighted by atomic mass is 10.0. The molecule has 0 fully saturated rings. The van der Waals surface area contributed by atoms with Gasteiger partial charge in [0.1, 0.15) is 5.82 Å². The quantitative estimate of drug-likeness (QED) is 0.250. The number of nitrogens with zero attached hydrogens (tertiary/aromatic N) is 1. The second-order valence-corrected chi connectivity index (χ2v) is 10.3. The third kappa shape index (κ3) is 5.55. The lowest BCUT2D eigenvalue weighted by molar-refractivity contribution is 0.0600. The summed E-state index contributed by atoms with van der Waals surface area (Å²) in [4.78, 5) is 11.9. The minimum atomic E-state index is -3.94. The number of benzene rings is 4. The molecule has 0 atom stereocenters. The van der Waals surface area contributed by atoms with Crippen LogP contribution < -0.4 is 4.31 Å². The van der Waals surface area contributed by atoms with Crippen LogP contribution in [0.4, 0.5) is 10.1 Å². The van der Waals surface area contributed by atoms with E-state index in [1.54, 1.807) is 49.4 Å². The van der Waals surface area contributed by atoms with Crippen molar-refractivity contribution in [1.29, 1.82) is 0 Å². The monoisotopic (exact) mass is 513 g/mol. The average Bonchev–Trinajstić information content (AvgIpc) is 2.92. The number of esters is 1. The molecule has 4 aromatic rings. The molecule has 0 saturated carbocycles. The molecule has 4 aromatic carbocycles. The molecule has 0 aliphatic carbocycles. The molecule has 4 rings (SSSR count). The Kier molecular flexibility index (Phi) is 7.42. The average molecular weight is 514 g/mol. The van der Waals surface area contributed by atoms with E-state index in [0.29, 0.717) is 11.1 Å². The highest BCUT2D eigenvalue weighted by atomic mass is 32.2. The van der Waals surface area contributed by atoms with E-state index in [9.17, 15) is 17.6 Å². The normalized spacial score (nSPS) is 10.8. The molecule has 5 nitrogen and oxygen atoms in total. The van der Waals surface area contributed by atoms with Crippen molar-refractivity contribution in [2.45, 2.75) is 11.8 Å². The molecule has 186 valence electrons. The van der Waals surface area contributed by atoms with E-state index in [1.807, 2.05) is 30.3 Å². The van der Waals surface area contributed by atoms with Gasteiger partial charge in [-0.15, -0.1) is 0 Å². The lowest BCUT2D eigenvalue weighted by Gasteiger charge is -2.21. The van der Waals surface area contributed by atoms with Gasteiger partial charge in [0.2, 0.25) is 0 Å². The van der Waals surface area contributed by atoms with E-state index in [4.69, 9.17) is 4.74 Å². The number of anilines is 1. The molecule has 0 aliphatic rings. The molecular weight excluding hydrogens is 489 g/mol. The van der Waals surface area contributed by atoms with Gasteiger partial charge >= 0.3 is 5.97 Å². The van der Waals surface area contributed by atoms with Gasteiger partial charge in [-0.25, -0.2) is 17.6 Å². The van der Waals surface area contributed by atoms with Gasteiger partial charge in [-0.05, 0) is 72.1 Å². The van der Waals surface area contributed by atoms with E-state index in [0.717, 1.165) is 21.0 Å². The summed E-state index contributed by atoms with van der Waals surface area (Å²) >= 11 is 0. The highest BCUT2D eigenvalue weighted by molar-refractivity contribution is 7.92. The first-order valence-electron chi connectivity index (χ1n) is 11.4. The van der Waals surface area contributed by atoms with Gasteiger partial charge in [-0.2, -0.15) is 0 Å². The molecule has 0 amide bonds. The zero-order valence-electron chi connectivity index (χ0n) is 20.5. The number of halogens is 1. The minimum absolute atomic E-state index is 0.104. The van der Waals surface area contributed by atoms with Crippen molar-refractivity contribution < 1.29 is 22.3 Å². The molecule has 0 bridgehead atoms. The van der Waals surface area contributed by atoms with E-state index in [2.05, 4.69) is 11.8 Å². The summed E-state index contributed by atoms with van der Waals surface area (Å²) in [6.07, 6.45) is 0. The number of carbonyl (C=O) groups excluding carboxylic acids is 1. The second-order valence-electron chi connectivity index (χ2n) is 8.30. The van der Waals surface area contributed by atoms with Gasteiger partial charge in [0, 0.05) is 12.6 Å². The van der Waals surface area contributed by atoms with Crippen LogP contribution in [0.25, 0.3) is 11.1 Å². The zero-order valence-corrected chi connectivity index (χ0v) is 21.3. The summed E-state index contributed by atoms with van der Waals surface area (Å²) in [6, 6.07) is 24.9. The number of hydrogen-bond acceptors (Lipinski definition) is 4. The topological polar surface area (TPSA) is 63.7 Å². The Morgan fingerprint density at radius 3 is 2.14 bits per heavy atom. The first-order valence-corrected chi connectivity index (χ1v) is 12.8. The van der Waals surface area contributed by atoms with Gasteiger partial charge in [0.25, 0.3) is 10.0 Å². The summed E-state index contributed by atoms with van der Waals surface area (Å²) in [6.45, 7) is 1.79. The number of rotatable bonds is 5. The Labute approximate surface area is 216 Å². The Morgan fingerprint density at radius 2 is 1.49 bits per heavy atom. The van der Waals surface area contributed by atoms with Crippen molar-refractivity contribution in [3.05, 3.63) is 119 Å². The van der Waals surface area contributed by atoms with E-state index < -0.39 is 21.8 Å². The third-order valence-corrected chi connectivity index (χ3v) is 7.68. The number of aryl methyl sites for hydroxylation is 1. The van der Waals surface area contributed by atoms with Crippen molar-refractivity contribution >= 4 is 21.7 Å². The van der Waals surface area contributed by atoms with Crippen molar-refractivity contribution in [1.82, 2.24) is 0 Å². The number of ether oxygens (including phenoxy) is 1. The highest BCUT2D eigenvalue weighted by Crippen LogP contribution is 2.28. The summed E-state index contributed by atoms with van der Waals surface area (Å²) in [5.41, 5.74) is 4.06. The molecule has 0 heterocycles. The Morgan fingerprint density at radius 1 is 0.838 bits per heavy atom. The first-order chi connectivity index (χ1) is 17.7. The maximum absolute atomic E-state index is 14.1. The summed E-state index contributed by atoms with van der Waals surface area (Å²) in [5, 5.41) is 0. The van der Waals surface area contributed by atoms with Gasteiger partial charge in [-0.1, -0.05) is 54.3 Å². The fourth-order valence-electron chi connectivity index (χ4n) is 3.80. The van der Waals surface area contributed by atoms with Gasteiger partial charge in [-0.3, -0.25) is 4.31 Å². The van der Waals surface area contributed by atoms with Crippen LogP contribution in [0.3, 0.4) is 0 Å². The maximum atomic E-state index is 14.1. The van der Waals surface area contributed by atoms with Crippen molar-refractivity contribution in [3.8, 4) is 23.0 Å². The number of sulfonamides is 1. The van der Waals surface area contributed by atoms with Gasteiger partial charge < -0.3 is 4.74 Å². The standard InChI is InChI=1S/C30H24FNO4S/c1-21-19-26(30(33)36-3)12-10-22(21)9-11-25-20-27(31)15-18-29(25)32(2)37(34,35)28-16-13-24(14-17-28)23-7-5-4-6-8-23/h4-8,10,12-20H,1-3H3. The second kappa shape index (κ2) is 10.7. The predicted molar refractivity (Wildman–Crippen MR) is 142 cm³/mol. The fraction of sp³-hybridized carbons (Fsp3) is 0.100. The first kappa shape index (κ1) is 25.7.